The number of aliphatic hydroxyl groups is 1. The SMILES string of the molecule is Cc1cccc(N2C(=O)C(=O)/C(=C(\O)c3ccc([N+](=O)[O-])cc3)C2c2ccc(Br)cc2)c1. The van der Waals surface area contributed by atoms with Gasteiger partial charge in [-0.3, -0.25) is 24.6 Å². The first kappa shape index (κ1) is 21.5. The maximum absolute atomic E-state index is 13.1. The Bertz CT molecular complexity index is 1270. The second kappa shape index (κ2) is 8.39. The summed E-state index contributed by atoms with van der Waals surface area (Å²) in [5.41, 5.74) is 2.06. The Morgan fingerprint density at radius 1 is 1.03 bits per heavy atom. The van der Waals surface area contributed by atoms with Gasteiger partial charge in [0.05, 0.1) is 16.5 Å². The van der Waals surface area contributed by atoms with E-state index in [9.17, 15) is 24.8 Å². The van der Waals surface area contributed by atoms with Crippen LogP contribution in [-0.2, 0) is 9.59 Å². The van der Waals surface area contributed by atoms with E-state index in [1.165, 1.54) is 29.2 Å². The van der Waals surface area contributed by atoms with Crippen molar-refractivity contribution in [2.24, 2.45) is 0 Å². The van der Waals surface area contributed by atoms with E-state index < -0.39 is 22.7 Å². The summed E-state index contributed by atoms with van der Waals surface area (Å²) in [4.78, 5) is 37.9. The Labute approximate surface area is 191 Å². The molecule has 1 heterocycles. The number of carbonyl (C=O) groups is 2. The molecule has 3 aromatic rings. The molecule has 1 fully saturated rings. The number of aryl methyl sites for hydroxylation is 1. The van der Waals surface area contributed by atoms with E-state index in [1.54, 1.807) is 42.5 Å². The number of rotatable bonds is 4. The third-order valence-corrected chi connectivity index (χ3v) is 5.79. The van der Waals surface area contributed by atoms with Gasteiger partial charge in [0, 0.05) is 27.9 Å². The zero-order valence-electron chi connectivity index (χ0n) is 16.9. The van der Waals surface area contributed by atoms with Gasteiger partial charge in [0.1, 0.15) is 5.76 Å². The smallest absolute Gasteiger partial charge is 0.300 e. The largest absolute Gasteiger partial charge is 0.507 e. The number of non-ortho nitro benzene ring substituents is 1. The molecule has 160 valence electrons. The van der Waals surface area contributed by atoms with Crippen molar-refractivity contribution in [3.63, 3.8) is 0 Å². The van der Waals surface area contributed by atoms with E-state index in [0.717, 1.165) is 10.0 Å². The molecule has 32 heavy (non-hydrogen) atoms. The summed E-state index contributed by atoms with van der Waals surface area (Å²) in [5, 5.41) is 22.0. The molecule has 1 aliphatic rings. The lowest BCUT2D eigenvalue weighted by molar-refractivity contribution is -0.384. The number of nitro benzene ring substituents is 1. The number of ketones is 1. The first-order valence-electron chi connectivity index (χ1n) is 9.66. The molecule has 0 aromatic heterocycles. The number of hydrogen-bond acceptors (Lipinski definition) is 5. The summed E-state index contributed by atoms with van der Waals surface area (Å²) < 4.78 is 0.823. The maximum Gasteiger partial charge on any atom is 0.300 e. The number of nitrogens with zero attached hydrogens (tertiary/aromatic N) is 2. The molecule has 3 aromatic carbocycles. The van der Waals surface area contributed by atoms with Crippen LogP contribution in [0.4, 0.5) is 11.4 Å². The molecule has 0 spiro atoms. The lowest BCUT2D eigenvalue weighted by Gasteiger charge is -2.25. The van der Waals surface area contributed by atoms with Crippen LogP contribution in [0.25, 0.3) is 5.76 Å². The minimum atomic E-state index is -0.861. The zero-order valence-corrected chi connectivity index (χ0v) is 18.4. The van der Waals surface area contributed by atoms with Gasteiger partial charge in [0.2, 0.25) is 0 Å². The van der Waals surface area contributed by atoms with E-state index in [2.05, 4.69) is 15.9 Å². The summed E-state index contributed by atoms with van der Waals surface area (Å²) in [7, 11) is 0. The topological polar surface area (TPSA) is 101 Å². The maximum atomic E-state index is 13.1. The van der Waals surface area contributed by atoms with Crippen LogP contribution in [0.1, 0.15) is 22.7 Å². The fourth-order valence-electron chi connectivity index (χ4n) is 3.73. The van der Waals surface area contributed by atoms with Crippen LogP contribution in [0.2, 0.25) is 0 Å². The Kier molecular flexibility index (Phi) is 5.63. The van der Waals surface area contributed by atoms with Gasteiger partial charge in [0.15, 0.2) is 0 Å². The first-order chi connectivity index (χ1) is 15.3. The highest BCUT2D eigenvalue weighted by atomic mass is 79.9. The molecule has 0 bridgehead atoms. The number of nitro groups is 1. The number of amides is 1. The summed E-state index contributed by atoms with van der Waals surface area (Å²) in [6.07, 6.45) is 0. The fourth-order valence-corrected chi connectivity index (χ4v) is 4.00. The summed E-state index contributed by atoms with van der Waals surface area (Å²) >= 11 is 3.38. The molecule has 1 unspecified atom stereocenters. The third kappa shape index (κ3) is 3.80. The van der Waals surface area contributed by atoms with Gasteiger partial charge in [-0.2, -0.15) is 0 Å². The van der Waals surface area contributed by atoms with Gasteiger partial charge in [-0.25, -0.2) is 0 Å². The molecule has 1 saturated heterocycles. The van der Waals surface area contributed by atoms with E-state index in [0.29, 0.717) is 11.3 Å². The van der Waals surface area contributed by atoms with Crippen LogP contribution >= 0.6 is 15.9 Å². The molecule has 0 radical (unpaired) electrons. The fraction of sp³-hybridized carbons (Fsp3) is 0.0833. The van der Waals surface area contributed by atoms with E-state index in [4.69, 9.17) is 0 Å². The number of hydrogen-bond donors (Lipinski definition) is 1. The van der Waals surface area contributed by atoms with Crippen LogP contribution in [-0.4, -0.2) is 21.7 Å². The first-order valence-corrected chi connectivity index (χ1v) is 10.4. The van der Waals surface area contributed by atoms with Crippen LogP contribution < -0.4 is 4.90 Å². The van der Waals surface area contributed by atoms with Gasteiger partial charge in [-0.05, 0) is 54.4 Å². The van der Waals surface area contributed by atoms with Crippen LogP contribution in [0, 0.1) is 17.0 Å². The Hall–Kier alpha value is -3.78. The highest BCUT2D eigenvalue weighted by Gasteiger charge is 2.47. The number of halogens is 1. The number of aliphatic hydroxyl groups excluding tert-OH is 1. The Balaban J connectivity index is 1.92. The summed E-state index contributed by atoms with van der Waals surface area (Å²) in [6, 6.07) is 18.6. The Morgan fingerprint density at radius 3 is 2.28 bits per heavy atom. The third-order valence-electron chi connectivity index (χ3n) is 5.26. The molecule has 4 rings (SSSR count). The lowest BCUT2D eigenvalue weighted by Crippen LogP contribution is -2.29. The average Bonchev–Trinajstić information content (AvgIpc) is 3.04. The summed E-state index contributed by atoms with van der Waals surface area (Å²) in [5.74, 6) is -1.97. The number of carbonyl (C=O) groups excluding carboxylic acids is 2. The van der Waals surface area contributed by atoms with E-state index in [-0.39, 0.29) is 22.6 Å². The van der Waals surface area contributed by atoms with Crippen molar-refractivity contribution in [3.8, 4) is 0 Å². The molecule has 1 N–H and O–H groups in total. The summed E-state index contributed by atoms with van der Waals surface area (Å²) in [6.45, 7) is 1.88. The van der Waals surface area contributed by atoms with Crippen molar-refractivity contribution in [1.29, 1.82) is 0 Å². The van der Waals surface area contributed by atoms with Gasteiger partial charge in [-0.1, -0.05) is 40.2 Å². The standard InChI is InChI=1S/C24H17BrN2O5/c1-14-3-2-4-19(13-14)26-21(15-5-9-17(25)10-6-15)20(23(29)24(26)30)22(28)16-7-11-18(12-8-16)27(31)32/h2-13,21,28H,1H3/b22-20-. The Morgan fingerprint density at radius 2 is 1.69 bits per heavy atom. The average molecular weight is 493 g/mol. The highest BCUT2D eigenvalue weighted by Crippen LogP contribution is 2.42. The quantitative estimate of drug-likeness (QED) is 0.175. The molecular weight excluding hydrogens is 476 g/mol. The van der Waals surface area contributed by atoms with Crippen molar-refractivity contribution in [2.75, 3.05) is 4.90 Å². The highest BCUT2D eigenvalue weighted by molar-refractivity contribution is 9.10. The molecular formula is C24H17BrN2O5. The molecule has 8 heteroatoms. The number of Topliss-reactive ketones (excluding diaryl/α,β-unsaturated/α-hetero) is 1. The van der Waals surface area contributed by atoms with Gasteiger partial charge in [0.25, 0.3) is 17.4 Å². The van der Waals surface area contributed by atoms with E-state index >= 15 is 0 Å². The lowest BCUT2D eigenvalue weighted by atomic mass is 9.95. The molecule has 7 nitrogen and oxygen atoms in total. The minimum absolute atomic E-state index is 0.0762. The van der Waals surface area contributed by atoms with Gasteiger partial charge in [-0.15, -0.1) is 0 Å². The predicted octanol–water partition coefficient (Wildman–Crippen LogP) is 5.29. The molecule has 1 aliphatic heterocycles. The van der Waals surface area contributed by atoms with Crippen LogP contribution in [0.3, 0.4) is 0 Å². The van der Waals surface area contributed by atoms with Gasteiger partial charge < -0.3 is 5.11 Å². The minimum Gasteiger partial charge on any atom is -0.507 e. The van der Waals surface area contributed by atoms with Crippen molar-refractivity contribution in [1.82, 2.24) is 0 Å². The monoisotopic (exact) mass is 492 g/mol. The second-order valence-electron chi connectivity index (χ2n) is 7.36. The second-order valence-corrected chi connectivity index (χ2v) is 8.28. The molecule has 0 aliphatic carbocycles. The predicted molar refractivity (Wildman–Crippen MR) is 123 cm³/mol. The van der Waals surface area contributed by atoms with E-state index in [1.807, 2.05) is 13.0 Å². The molecule has 1 atom stereocenters. The van der Waals surface area contributed by atoms with Crippen molar-refractivity contribution in [3.05, 3.63) is 110 Å². The zero-order chi connectivity index (χ0) is 23.0. The van der Waals surface area contributed by atoms with Crippen molar-refractivity contribution in [2.45, 2.75) is 13.0 Å². The molecule has 1 amide bonds. The number of anilines is 1. The molecule has 0 saturated carbocycles. The van der Waals surface area contributed by atoms with Gasteiger partial charge >= 0.3 is 0 Å². The van der Waals surface area contributed by atoms with Crippen molar-refractivity contribution >= 4 is 44.8 Å². The van der Waals surface area contributed by atoms with Crippen LogP contribution in [0.5, 0.6) is 0 Å². The van der Waals surface area contributed by atoms with Crippen LogP contribution in [0.15, 0.2) is 82.8 Å². The number of benzene rings is 3. The van der Waals surface area contributed by atoms with Crippen molar-refractivity contribution < 1.29 is 19.6 Å². The normalized spacial score (nSPS) is 17.6.